The maximum absolute atomic E-state index is 5.68. The Bertz CT molecular complexity index is 130. The Labute approximate surface area is 109 Å². The van der Waals surface area contributed by atoms with Crippen LogP contribution in [-0.2, 0) is 8.85 Å². The number of hydrogen-bond acceptors (Lipinski definition) is 3. The predicted molar refractivity (Wildman–Crippen MR) is 76.8 cm³/mol. The van der Waals surface area contributed by atoms with Gasteiger partial charge in [0.05, 0.1) is 0 Å². The zero-order valence-electron chi connectivity index (χ0n) is 12.2. The van der Waals surface area contributed by atoms with Crippen molar-refractivity contribution in [3.8, 4) is 0 Å². The Morgan fingerprint density at radius 3 is 1.76 bits per heavy atom. The lowest BCUT2D eigenvalue weighted by atomic mass is 10.3. The van der Waals surface area contributed by atoms with E-state index in [1.807, 2.05) is 0 Å². The standard InChI is InChI=1S/C13H31NO2Si/c1-5-10-14(11-6-2)12-9-13-17(15-7-3)16-8-4/h17H,5-13H2,1-4H3. The van der Waals surface area contributed by atoms with Crippen molar-refractivity contribution >= 4 is 9.28 Å². The Kier molecular flexibility index (Phi) is 12.6. The van der Waals surface area contributed by atoms with E-state index in [0.717, 1.165) is 19.3 Å². The molecule has 0 heterocycles. The lowest BCUT2D eigenvalue weighted by molar-refractivity contribution is 0.209. The lowest BCUT2D eigenvalue weighted by Gasteiger charge is -2.22. The average Bonchev–Trinajstić information content (AvgIpc) is 2.30. The van der Waals surface area contributed by atoms with Crippen LogP contribution < -0.4 is 0 Å². The largest absolute Gasteiger partial charge is 0.397 e. The topological polar surface area (TPSA) is 21.7 Å². The van der Waals surface area contributed by atoms with E-state index < -0.39 is 9.28 Å². The van der Waals surface area contributed by atoms with E-state index >= 15 is 0 Å². The molecule has 0 aliphatic rings. The van der Waals surface area contributed by atoms with Crippen LogP contribution in [0.3, 0.4) is 0 Å². The van der Waals surface area contributed by atoms with Crippen LogP contribution in [0.1, 0.15) is 47.0 Å². The van der Waals surface area contributed by atoms with E-state index in [2.05, 4.69) is 32.6 Å². The molecule has 0 aliphatic carbocycles. The van der Waals surface area contributed by atoms with E-state index in [1.54, 1.807) is 0 Å². The highest BCUT2D eigenvalue weighted by molar-refractivity contribution is 6.44. The van der Waals surface area contributed by atoms with Gasteiger partial charge in [-0.1, -0.05) is 13.8 Å². The first-order chi connectivity index (χ1) is 8.28. The molecule has 0 aliphatic heterocycles. The smallest absolute Gasteiger partial charge is 0.321 e. The third-order valence-corrected chi connectivity index (χ3v) is 4.99. The van der Waals surface area contributed by atoms with Gasteiger partial charge in [0.1, 0.15) is 0 Å². The number of nitrogens with zero attached hydrogens (tertiary/aromatic N) is 1. The molecule has 0 rings (SSSR count). The van der Waals surface area contributed by atoms with Gasteiger partial charge in [0.25, 0.3) is 0 Å². The van der Waals surface area contributed by atoms with Crippen molar-refractivity contribution in [2.24, 2.45) is 0 Å². The van der Waals surface area contributed by atoms with Gasteiger partial charge in [-0.05, 0) is 58.8 Å². The molecule has 4 heteroatoms. The molecule has 0 bridgehead atoms. The van der Waals surface area contributed by atoms with Crippen molar-refractivity contribution in [3.05, 3.63) is 0 Å². The Balaban J connectivity index is 3.73. The molecule has 0 N–H and O–H groups in total. The van der Waals surface area contributed by atoms with Crippen LogP contribution in [0, 0.1) is 0 Å². The Morgan fingerprint density at radius 1 is 0.824 bits per heavy atom. The maximum atomic E-state index is 5.68. The predicted octanol–water partition coefficient (Wildman–Crippen LogP) is 2.79. The van der Waals surface area contributed by atoms with Gasteiger partial charge in [-0.15, -0.1) is 0 Å². The molecular weight excluding hydrogens is 230 g/mol. The molecule has 0 spiro atoms. The third kappa shape index (κ3) is 9.77. The van der Waals surface area contributed by atoms with Gasteiger partial charge < -0.3 is 13.8 Å². The van der Waals surface area contributed by atoms with Crippen LogP contribution in [0.5, 0.6) is 0 Å². The van der Waals surface area contributed by atoms with Gasteiger partial charge in [0.2, 0.25) is 0 Å². The molecule has 0 atom stereocenters. The van der Waals surface area contributed by atoms with Crippen molar-refractivity contribution in [1.29, 1.82) is 0 Å². The van der Waals surface area contributed by atoms with Crippen LogP contribution in [0.4, 0.5) is 0 Å². The van der Waals surface area contributed by atoms with Gasteiger partial charge >= 0.3 is 9.28 Å². The van der Waals surface area contributed by atoms with Crippen LogP contribution in [0.15, 0.2) is 0 Å². The first-order valence-corrected chi connectivity index (χ1v) is 8.99. The summed E-state index contributed by atoms with van der Waals surface area (Å²) in [6.07, 6.45) is 3.71. The number of hydrogen-bond donors (Lipinski definition) is 0. The summed E-state index contributed by atoms with van der Waals surface area (Å²) < 4.78 is 11.4. The highest BCUT2D eigenvalue weighted by Gasteiger charge is 2.12. The highest BCUT2D eigenvalue weighted by Crippen LogP contribution is 2.05. The van der Waals surface area contributed by atoms with E-state index in [0.29, 0.717) is 0 Å². The van der Waals surface area contributed by atoms with Gasteiger partial charge in [0, 0.05) is 13.2 Å². The summed E-state index contributed by atoms with van der Waals surface area (Å²) in [5.41, 5.74) is 0. The molecule has 104 valence electrons. The summed E-state index contributed by atoms with van der Waals surface area (Å²) in [7, 11) is -1.36. The first-order valence-electron chi connectivity index (χ1n) is 7.23. The molecule has 3 nitrogen and oxygen atoms in total. The number of rotatable bonds is 12. The second-order valence-corrected chi connectivity index (χ2v) is 6.43. The monoisotopic (exact) mass is 261 g/mol. The minimum atomic E-state index is -1.36. The highest BCUT2D eigenvalue weighted by atomic mass is 28.3. The molecule has 0 unspecified atom stereocenters. The summed E-state index contributed by atoms with van der Waals surface area (Å²) in [6, 6.07) is 1.14. The minimum absolute atomic E-state index is 0.796. The van der Waals surface area contributed by atoms with Crippen molar-refractivity contribution < 1.29 is 8.85 Å². The molecule has 0 saturated carbocycles. The van der Waals surface area contributed by atoms with Gasteiger partial charge in [0.15, 0.2) is 0 Å². The van der Waals surface area contributed by atoms with Gasteiger partial charge in [-0.2, -0.15) is 0 Å². The quantitative estimate of drug-likeness (QED) is 0.504. The third-order valence-electron chi connectivity index (χ3n) is 2.70. The fourth-order valence-corrected chi connectivity index (χ4v) is 3.73. The molecule has 0 aromatic heterocycles. The molecule has 0 aromatic rings. The van der Waals surface area contributed by atoms with Gasteiger partial charge in [-0.3, -0.25) is 0 Å². The van der Waals surface area contributed by atoms with Gasteiger partial charge in [-0.25, -0.2) is 0 Å². The van der Waals surface area contributed by atoms with E-state index in [-0.39, 0.29) is 0 Å². The normalized spacial score (nSPS) is 11.6. The average molecular weight is 261 g/mol. The second-order valence-electron chi connectivity index (χ2n) is 4.32. The van der Waals surface area contributed by atoms with Crippen molar-refractivity contribution in [1.82, 2.24) is 4.90 Å². The molecule has 0 amide bonds. The molecule has 0 aromatic carbocycles. The molecule has 17 heavy (non-hydrogen) atoms. The summed E-state index contributed by atoms with van der Waals surface area (Å²) in [4.78, 5) is 2.56. The lowest BCUT2D eigenvalue weighted by Crippen LogP contribution is -2.29. The van der Waals surface area contributed by atoms with E-state index in [1.165, 1.54) is 38.9 Å². The first kappa shape index (κ1) is 17.1. The molecule has 0 saturated heterocycles. The van der Waals surface area contributed by atoms with Crippen LogP contribution in [-0.4, -0.2) is 47.0 Å². The summed E-state index contributed by atoms with van der Waals surface area (Å²) >= 11 is 0. The van der Waals surface area contributed by atoms with Crippen LogP contribution in [0.25, 0.3) is 0 Å². The van der Waals surface area contributed by atoms with Crippen LogP contribution >= 0.6 is 0 Å². The maximum Gasteiger partial charge on any atom is 0.321 e. The summed E-state index contributed by atoms with van der Waals surface area (Å²) in [6.45, 7) is 13.9. The summed E-state index contributed by atoms with van der Waals surface area (Å²) in [5, 5.41) is 0. The fraction of sp³-hybridized carbons (Fsp3) is 1.00. The van der Waals surface area contributed by atoms with Crippen molar-refractivity contribution in [2.75, 3.05) is 32.8 Å². The zero-order chi connectivity index (χ0) is 12.9. The molecule has 0 fully saturated rings. The fourth-order valence-electron chi connectivity index (χ4n) is 2.04. The van der Waals surface area contributed by atoms with E-state index in [9.17, 15) is 0 Å². The Morgan fingerprint density at radius 2 is 1.35 bits per heavy atom. The van der Waals surface area contributed by atoms with Crippen LogP contribution in [0.2, 0.25) is 6.04 Å². The van der Waals surface area contributed by atoms with Crippen molar-refractivity contribution in [3.63, 3.8) is 0 Å². The van der Waals surface area contributed by atoms with E-state index in [4.69, 9.17) is 8.85 Å². The Hall–Kier alpha value is 0.0969. The minimum Gasteiger partial charge on any atom is -0.397 e. The van der Waals surface area contributed by atoms with Crippen molar-refractivity contribution in [2.45, 2.75) is 53.0 Å². The zero-order valence-corrected chi connectivity index (χ0v) is 13.4. The molecule has 0 radical (unpaired) electrons. The second kappa shape index (κ2) is 12.6. The SMILES string of the molecule is CCCN(CCC)CCC[SiH](OCC)OCC. The summed E-state index contributed by atoms with van der Waals surface area (Å²) in [5.74, 6) is 0. The molecular formula is C13H31NO2Si.